The van der Waals surface area contributed by atoms with Crippen molar-refractivity contribution >= 4 is 29.9 Å². The van der Waals surface area contributed by atoms with Crippen LogP contribution in [0.1, 0.15) is 12.8 Å². The van der Waals surface area contributed by atoms with E-state index >= 15 is 0 Å². The molecule has 1 N–H and O–H groups in total. The fourth-order valence-corrected chi connectivity index (χ4v) is 3.08. The molecule has 0 aromatic carbocycles. The van der Waals surface area contributed by atoms with Crippen molar-refractivity contribution < 1.29 is 17.9 Å². The van der Waals surface area contributed by atoms with Crippen LogP contribution in [0.25, 0.3) is 0 Å². The highest BCUT2D eigenvalue weighted by Crippen LogP contribution is 2.20. The van der Waals surface area contributed by atoms with Crippen molar-refractivity contribution in [1.29, 1.82) is 0 Å². The zero-order valence-electron chi connectivity index (χ0n) is 13.6. The Bertz CT molecular complexity index is 389. The van der Waals surface area contributed by atoms with E-state index in [1.165, 1.54) is 4.90 Å². The highest BCUT2D eigenvalue weighted by molar-refractivity contribution is 14.0. The molecule has 0 aliphatic carbocycles. The van der Waals surface area contributed by atoms with Crippen molar-refractivity contribution in [3.63, 3.8) is 0 Å². The number of hydrogen-bond acceptors (Lipinski definition) is 3. The molecule has 0 bridgehead atoms. The summed E-state index contributed by atoms with van der Waals surface area (Å²) in [6, 6.07) is 0.0170. The van der Waals surface area contributed by atoms with Crippen molar-refractivity contribution in [2.24, 2.45) is 10.9 Å². The predicted molar refractivity (Wildman–Crippen MR) is 94.4 cm³/mol. The molecule has 0 amide bonds. The van der Waals surface area contributed by atoms with Crippen LogP contribution in [0.3, 0.4) is 0 Å². The quantitative estimate of drug-likeness (QED) is 0.403. The first-order valence-electron chi connectivity index (χ1n) is 7.68. The van der Waals surface area contributed by atoms with Gasteiger partial charge in [-0.1, -0.05) is 0 Å². The van der Waals surface area contributed by atoms with Gasteiger partial charge in [0.25, 0.3) is 0 Å². The molecule has 23 heavy (non-hydrogen) atoms. The number of hydrogen-bond donors (Lipinski definition) is 1. The summed E-state index contributed by atoms with van der Waals surface area (Å²) in [6.07, 6.45) is -2.38. The van der Waals surface area contributed by atoms with Gasteiger partial charge in [-0.25, -0.2) is 0 Å². The Kier molecular flexibility index (Phi) is 8.36. The minimum absolute atomic E-state index is 0. The second kappa shape index (κ2) is 9.26. The molecular formula is C14H26F3IN4O. The molecule has 0 aromatic heterocycles. The standard InChI is InChI=1S/C14H25F3N4O.HI/c1-18-13(20(2)7-11-4-6-22-9-11)19-12-3-5-21(8-12)10-14(15,16)17;/h11-12H,3-10H2,1-2H3,(H,18,19);1H. The third-order valence-corrected chi connectivity index (χ3v) is 4.14. The van der Waals surface area contributed by atoms with Crippen molar-refractivity contribution in [3.05, 3.63) is 0 Å². The molecule has 0 spiro atoms. The number of nitrogens with zero attached hydrogens (tertiary/aromatic N) is 3. The van der Waals surface area contributed by atoms with Crippen molar-refractivity contribution in [2.75, 3.05) is 53.5 Å². The first kappa shape index (κ1) is 20.8. The summed E-state index contributed by atoms with van der Waals surface area (Å²) in [7, 11) is 3.66. The number of ether oxygens (including phenoxy) is 1. The van der Waals surface area contributed by atoms with Gasteiger partial charge in [0.15, 0.2) is 5.96 Å². The summed E-state index contributed by atoms with van der Waals surface area (Å²) in [4.78, 5) is 7.72. The van der Waals surface area contributed by atoms with Gasteiger partial charge in [-0.3, -0.25) is 9.89 Å². The van der Waals surface area contributed by atoms with Crippen LogP contribution in [0.15, 0.2) is 4.99 Å². The van der Waals surface area contributed by atoms with E-state index in [4.69, 9.17) is 4.74 Å². The second-order valence-corrected chi connectivity index (χ2v) is 6.14. The molecule has 5 nitrogen and oxygen atoms in total. The van der Waals surface area contributed by atoms with Crippen LogP contribution in [0.2, 0.25) is 0 Å². The Morgan fingerprint density at radius 3 is 2.70 bits per heavy atom. The maximum atomic E-state index is 12.4. The van der Waals surface area contributed by atoms with E-state index in [1.54, 1.807) is 7.05 Å². The van der Waals surface area contributed by atoms with E-state index in [0.717, 1.165) is 32.1 Å². The maximum Gasteiger partial charge on any atom is 0.401 e. The van der Waals surface area contributed by atoms with Crippen LogP contribution in [0.4, 0.5) is 13.2 Å². The average molecular weight is 450 g/mol. The second-order valence-electron chi connectivity index (χ2n) is 6.14. The summed E-state index contributed by atoms with van der Waals surface area (Å²) < 4.78 is 42.6. The van der Waals surface area contributed by atoms with E-state index < -0.39 is 12.7 Å². The largest absolute Gasteiger partial charge is 0.401 e. The highest BCUT2D eigenvalue weighted by Gasteiger charge is 2.34. The van der Waals surface area contributed by atoms with E-state index in [1.807, 2.05) is 11.9 Å². The van der Waals surface area contributed by atoms with Crippen LogP contribution >= 0.6 is 24.0 Å². The number of guanidine groups is 1. The number of nitrogens with one attached hydrogen (secondary N) is 1. The van der Waals surface area contributed by atoms with Gasteiger partial charge in [0.05, 0.1) is 13.2 Å². The molecule has 0 radical (unpaired) electrons. The highest BCUT2D eigenvalue weighted by atomic mass is 127. The van der Waals surface area contributed by atoms with Crippen LogP contribution in [0, 0.1) is 5.92 Å². The predicted octanol–water partition coefficient (Wildman–Crippen LogP) is 1.78. The van der Waals surface area contributed by atoms with E-state index in [0.29, 0.717) is 25.4 Å². The molecule has 2 aliphatic heterocycles. The summed E-state index contributed by atoms with van der Waals surface area (Å²) in [6.45, 7) is 2.45. The third-order valence-electron chi connectivity index (χ3n) is 4.14. The normalized spacial score (nSPS) is 26.2. The summed E-state index contributed by atoms with van der Waals surface area (Å²) in [5, 5.41) is 3.28. The van der Waals surface area contributed by atoms with Gasteiger partial charge in [-0.15, -0.1) is 24.0 Å². The van der Waals surface area contributed by atoms with E-state index in [-0.39, 0.29) is 30.0 Å². The molecule has 2 aliphatic rings. The molecule has 0 saturated carbocycles. The topological polar surface area (TPSA) is 40.1 Å². The molecule has 2 saturated heterocycles. The van der Waals surface area contributed by atoms with Gasteiger partial charge in [0.1, 0.15) is 0 Å². The summed E-state index contributed by atoms with van der Waals surface area (Å²) in [5.41, 5.74) is 0. The first-order chi connectivity index (χ1) is 10.4. The van der Waals surface area contributed by atoms with E-state index in [9.17, 15) is 13.2 Å². The van der Waals surface area contributed by atoms with Crippen LogP contribution in [-0.4, -0.2) is 81.5 Å². The molecule has 2 rings (SSSR count). The molecule has 2 heterocycles. The van der Waals surface area contributed by atoms with Gasteiger partial charge in [0, 0.05) is 52.3 Å². The summed E-state index contributed by atoms with van der Waals surface area (Å²) >= 11 is 0. The fraction of sp³-hybridized carbons (Fsp3) is 0.929. The maximum absolute atomic E-state index is 12.4. The zero-order valence-corrected chi connectivity index (χ0v) is 15.9. The molecule has 2 unspecified atom stereocenters. The fourth-order valence-electron chi connectivity index (χ4n) is 3.08. The van der Waals surface area contributed by atoms with Gasteiger partial charge in [-0.05, 0) is 12.8 Å². The Morgan fingerprint density at radius 1 is 1.39 bits per heavy atom. The van der Waals surface area contributed by atoms with Gasteiger partial charge >= 0.3 is 6.18 Å². The summed E-state index contributed by atoms with van der Waals surface area (Å²) in [5.74, 6) is 1.24. The molecule has 2 fully saturated rings. The number of halogens is 4. The van der Waals surface area contributed by atoms with Crippen LogP contribution in [0.5, 0.6) is 0 Å². The number of aliphatic imine (C=N–C) groups is 1. The lowest BCUT2D eigenvalue weighted by Crippen LogP contribution is -2.47. The average Bonchev–Trinajstić information content (AvgIpc) is 3.06. The molecule has 0 aromatic rings. The number of rotatable bonds is 4. The van der Waals surface area contributed by atoms with Gasteiger partial charge < -0.3 is 15.0 Å². The Morgan fingerprint density at radius 2 is 2.13 bits per heavy atom. The SMILES string of the molecule is CN=C(NC1CCN(CC(F)(F)F)C1)N(C)CC1CCOC1.I. The molecule has 2 atom stereocenters. The van der Waals surface area contributed by atoms with Gasteiger partial charge in [-0.2, -0.15) is 13.2 Å². The molecule has 136 valence electrons. The van der Waals surface area contributed by atoms with E-state index in [2.05, 4.69) is 10.3 Å². The number of likely N-dealkylation sites (tertiary alicyclic amines) is 1. The Labute approximate surface area is 152 Å². The minimum Gasteiger partial charge on any atom is -0.381 e. The Balaban J connectivity index is 0.00000264. The van der Waals surface area contributed by atoms with Crippen molar-refractivity contribution in [1.82, 2.24) is 15.1 Å². The van der Waals surface area contributed by atoms with Crippen LogP contribution in [-0.2, 0) is 4.74 Å². The minimum atomic E-state index is -4.13. The smallest absolute Gasteiger partial charge is 0.381 e. The lowest BCUT2D eigenvalue weighted by Gasteiger charge is -2.27. The molecule has 9 heteroatoms. The van der Waals surface area contributed by atoms with Crippen LogP contribution < -0.4 is 5.32 Å². The third kappa shape index (κ3) is 7.00. The lowest BCUT2D eigenvalue weighted by atomic mass is 10.1. The monoisotopic (exact) mass is 450 g/mol. The lowest BCUT2D eigenvalue weighted by molar-refractivity contribution is -0.143. The number of alkyl halides is 3. The zero-order chi connectivity index (χ0) is 16.2. The van der Waals surface area contributed by atoms with Crippen molar-refractivity contribution in [3.8, 4) is 0 Å². The van der Waals surface area contributed by atoms with Gasteiger partial charge in [0.2, 0.25) is 0 Å². The molecular weight excluding hydrogens is 424 g/mol. The van der Waals surface area contributed by atoms with Crippen molar-refractivity contribution in [2.45, 2.75) is 25.1 Å². The Hall–Kier alpha value is -0.290. The first-order valence-corrected chi connectivity index (χ1v) is 7.68.